The largest absolute Gasteiger partial charge is 0.330 e. The van der Waals surface area contributed by atoms with Crippen molar-refractivity contribution in [3.05, 3.63) is 10.8 Å². The first-order valence-corrected chi connectivity index (χ1v) is 6.36. The number of nitrogens with zero attached hydrogens (tertiary/aromatic N) is 4. The van der Waals surface area contributed by atoms with E-state index in [1.165, 1.54) is 12.8 Å². The summed E-state index contributed by atoms with van der Waals surface area (Å²) in [7, 11) is 0. The van der Waals surface area contributed by atoms with Crippen LogP contribution < -0.4 is 5.73 Å². The van der Waals surface area contributed by atoms with Crippen LogP contribution in [0.25, 0.3) is 4.96 Å². The number of hydrogen-bond donors (Lipinski definition) is 1. The Morgan fingerprint density at radius 1 is 1.44 bits per heavy atom. The van der Waals surface area contributed by atoms with E-state index in [-0.39, 0.29) is 5.41 Å². The van der Waals surface area contributed by atoms with Gasteiger partial charge in [0.1, 0.15) is 5.01 Å². The van der Waals surface area contributed by atoms with Crippen LogP contribution in [0.15, 0.2) is 0 Å². The molecule has 6 heteroatoms. The van der Waals surface area contributed by atoms with Crippen molar-refractivity contribution in [2.24, 2.45) is 5.73 Å². The van der Waals surface area contributed by atoms with Gasteiger partial charge in [0.15, 0.2) is 5.82 Å². The predicted octanol–water partition coefficient (Wildman–Crippen LogP) is 1.30. The molecule has 1 saturated carbocycles. The van der Waals surface area contributed by atoms with Crippen LogP contribution in [0.3, 0.4) is 0 Å². The van der Waals surface area contributed by atoms with Crippen LogP contribution >= 0.6 is 11.3 Å². The van der Waals surface area contributed by atoms with E-state index in [0.717, 1.165) is 15.8 Å². The highest BCUT2D eigenvalue weighted by Crippen LogP contribution is 2.39. The Morgan fingerprint density at radius 2 is 2.19 bits per heavy atom. The Kier molecular flexibility index (Phi) is 2.06. The van der Waals surface area contributed by atoms with Crippen molar-refractivity contribution >= 4 is 16.3 Å². The average Bonchev–Trinajstić information content (AvgIpc) is 2.88. The van der Waals surface area contributed by atoms with Crippen molar-refractivity contribution < 1.29 is 0 Å². The molecule has 0 atom stereocenters. The summed E-state index contributed by atoms with van der Waals surface area (Å²) in [5.74, 6) is 1.59. The minimum atomic E-state index is -0.0772. The SMILES string of the molecule is CC(C)(CN)c1nn2c(C3CC3)nnc2s1. The fourth-order valence-electron chi connectivity index (χ4n) is 1.59. The van der Waals surface area contributed by atoms with E-state index in [1.54, 1.807) is 11.3 Å². The fraction of sp³-hybridized carbons (Fsp3) is 0.700. The first-order valence-electron chi connectivity index (χ1n) is 5.54. The van der Waals surface area contributed by atoms with Crippen LogP contribution in [0, 0.1) is 0 Å². The van der Waals surface area contributed by atoms with Crippen LogP contribution in [0.5, 0.6) is 0 Å². The zero-order valence-electron chi connectivity index (χ0n) is 9.47. The fourth-order valence-corrected chi connectivity index (χ4v) is 2.55. The highest BCUT2D eigenvalue weighted by molar-refractivity contribution is 7.16. The van der Waals surface area contributed by atoms with Gasteiger partial charge in [0.05, 0.1) is 0 Å². The van der Waals surface area contributed by atoms with Crippen molar-refractivity contribution in [3.8, 4) is 0 Å². The molecule has 86 valence electrons. The second-order valence-corrected chi connectivity index (χ2v) is 5.98. The molecule has 0 aliphatic heterocycles. The maximum Gasteiger partial charge on any atom is 0.234 e. The third-order valence-corrected chi connectivity index (χ3v) is 4.31. The first kappa shape index (κ1) is 10.2. The van der Waals surface area contributed by atoms with Crippen LogP contribution in [0.2, 0.25) is 0 Å². The molecule has 1 aliphatic carbocycles. The Labute approximate surface area is 97.7 Å². The zero-order valence-corrected chi connectivity index (χ0v) is 10.3. The lowest BCUT2D eigenvalue weighted by molar-refractivity contribution is 0.525. The molecule has 0 saturated heterocycles. The van der Waals surface area contributed by atoms with E-state index < -0.39 is 0 Å². The summed E-state index contributed by atoms with van der Waals surface area (Å²) >= 11 is 1.59. The number of fused-ring (bicyclic) bond motifs is 1. The van der Waals surface area contributed by atoms with Crippen LogP contribution in [-0.2, 0) is 5.41 Å². The molecular weight excluding hydrogens is 222 g/mol. The molecule has 2 heterocycles. The smallest absolute Gasteiger partial charge is 0.234 e. The van der Waals surface area contributed by atoms with Crippen molar-refractivity contribution in [1.82, 2.24) is 19.8 Å². The molecule has 2 N–H and O–H groups in total. The molecule has 2 aromatic rings. The first-order chi connectivity index (χ1) is 7.62. The molecule has 1 aliphatic rings. The van der Waals surface area contributed by atoms with E-state index in [4.69, 9.17) is 5.73 Å². The van der Waals surface area contributed by atoms with Crippen molar-refractivity contribution in [1.29, 1.82) is 0 Å². The molecule has 0 aromatic carbocycles. The van der Waals surface area contributed by atoms with Gasteiger partial charge in [0, 0.05) is 17.9 Å². The average molecular weight is 237 g/mol. The van der Waals surface area contributed by atoms with Crippen molar-refractivity contribution in [2.75, 3.05) is 6.54 Å². The summed E-state index contributed by atoms with van der Waals surface area (Å²) < 4.78 is 1.90. The molecule has 0 spiro atoms. The van der Waals surface area contributed by atoms with E-state index in [0.29, 0.717) is 12.5 Å². The minimum Gasteiger partial charge on any atom is -0.330 e. The summed E-state index contributed by atoms with van der Waals surface area (Å²) in [5.41, 5.74) is 5.68. The van der Waals surface area contributed by atoms with Gasteiger partial charge in [-0.3, -0.25) is 0 Å². The maximum absolute atomic E-state index is 5.76. The Morgan fingerprint density at radius 3 is 2.81 bits per heavy atom. The number of aromatic nitrogens is 4. The van der Waals surface area contributed by atoms with E-state index in [1.807, 2.05) is 4.52 Å². The molecule has 3 rings (SSSR count). The topological polar surface area (TPSA) is 69.1 Å². The lowest BCUT2D eigenvalue weighted by atomic mass is 9.95. The van der Waals surface area contributed by atoms with Crippen LogP contribution in [0.4, 0.5) is 0 Å². The second-order valence-electron chi connectivity index (χ2n) is 5.02. The van der Waals surface area contributed by atoms with Gasteiger partial charge < -0.3 is 5.73 Å². The van der Waals surface area contributed by atoms with Crippen LogP contribution in [0.1, 0.15) is 43.4 Å². The molecule has 0 amide bonds. The number of nitrogens with two attached hydrogens (primary N) is 1. The molecule has 5 nitrogen and oxygen atoms in total. The van der Waals surface area contributed by atoms with Gasteiger partial charge in [-0.25, -0.2) is 0 Å². The Hall–Kier alpha value is -1.01. The second kappa shape index (κ2) is 3.24. The molecule has 2 aromatic heterocycles. The minimum absolute atomic E-state index is 0.0772. The van der Waals surface area contributed by atoms with Crippen molar-refractivity contribution in [2.45, 2.75) is 38.0 Å². The Balaban J connectivity index is 2.09. The van der Waals surface area contributed by atoms with E-state index in [2.05, 4.69) is 29.1 Å². The third kappa shape index (κ3) is 1.44. The molecular formula is C10H15N5S. The van der Waals surface area contributed by atoms with E-state index >= 15 is 0 Å². The monoisotopic (exact) mass is 237 g/mol. The zero-order chi connectivity index (χ0) is 11.3. The van der Waals surface area contributed by atoms with Gasteiger partial charge in [0.25, 0.3) is 0 Å². The summed E-state index contributed by atoms with van der Waals surface area (Å²) in [5, 5.41) is 14.0. The number of rotatable bonds is 3. The lowest BCUT2D eigenvalue weighted by Gasteiger charge is -2.17. The van der Waals surface area contributed by atoms with Gasteiger partial charge in [0.2, 0.25) is 4.96 Å². The third-order valence-electron chi connectivity index (χ3n) is 3.05. The molecule has 0 radical (unpaired) electrons. The summed E-state index contributed by atoms with van der Waals surface area (Å²) in [6.07, 6.45) is 2.43. The van der Waals surface area contributed by atoms with Gasteiger partial charge in [-0.1, -0.05) is 25.2 Å². The maximum atomic E-state index is 5.76. The summed E-state index contributed by atoms with van der Waals surface area (Å²) in [4.78, 5) is 0.887. The normalized spacial score (nSPS) is 17.2. The molecule has 1 fully saturated rings. The predicted molar refractivity (Wildman–Crippen MR) is 62.7 cm³/mol. The van der Waals surface area contributed by atoms with Gasteiger partial charge >= 0.3 is 0 Å². The summed E-state index contributed by atoms with van der Waals surface area (Å²) in [6, 6.07) is 0. The summed E-state index contributed by atoms with van der Waals surface area (Å²) in [6.45, 7) is 4.81. The van der Waals surface area contributed by atoms with Gasteiger partial charge in [-0.05, 0) is 12.8 Å². The van der Waals surface area contributed by atoms with Gasteiger partial charge in [-0.2, -0.15) is 9.61 Å². The molecule has 0 unspecified atom stereocenters. The molecule has 0 bridgehead atoms. The lowest BCUT2D eigenvalue weighted by Crippen LogP contribution is -2.28. The highest BCUT2D eigenvalue weighted by atomic mass is 32.1. The van der Waals surface area contributed by atoms with Crippen molar-refractivity contribution in [3.63, 3.8) is 0 Å². The van der Waals surface area contributed by atoms with E-state index in [9.17, 15) is 0 Å². The quantitative estimate of drug-likeness (QED) is 0.873. The molecule has 16 heavy (non-hydrogen) atoms. The van der Waals surface area contributed by atoms with Gasteiger partial charge in [-0.15, -0.1) is 10.2 Å². The highest BCUT2D eigenvalue weighted by Gasteiger charge is 2.31. The standard InChI is InChI=1S/C10H15N5S/c1-10(2,5-11)8-14-15-7(6-3-4-6)12-13-9(15)16-8/h6H,3-5,11H2,1-2H3. The Bertz CT molecular complexity index is 522. The van der Waals surface area contributed by atoms with Crippen LogP contribution in [-0.4, -0.2) is 26.4 Å². The number of hydrogen-bond acceptors (Lipinski definition) is 5.